The van der Waals surface area contributed by atoms with Crippen molar-refractivity contribution in [2.45, 2.75) is 33.2 Å². The molecule has 0 bridgehead atoms. The van der Waals surface area contributed by atoms with Crippen molar-refractivity contribution in [1.82, 2.24) is 5.32 Å². The third-order valence-electron chi connectivity index (χ3n) is 3.64. The van der Waals surface area contributed by atoms with Gasteiger partial charge in [-0.05, 0) is 62.4 Å². The van der Waals surface area contributed by atoms with Gasteiger partial charge >= 0.3 is 5.97 Å². The average molecular weight is 375 g/mol. The van der Waals surface area contributed by atoms with Gasteiger partial charge in [0.25, 0.3) is 5.91 Å². The normalized spacial score (nSPS) is 12.1. The Bertz CT molecular complexity index is 509. The zero-order valence-corrected chi connectivity index (χ0v) is 13.6. The molecule has 0 atom stereocenters. The van der Waals surface area contributed by atoms with Crippen molar-refractivity contribution in [2.75, 3.05) is 0 Å². The predicted molar refractivity (Wildman–Crippen MR) is 82.1 cm³/mol. The molecule has 0 fully saturated rings. The van der Waals surface area contributed by atoms with Crippen LogP contribution >= 0.6 is 22.6 Å². The van der Waals surface area contributed by atoms with E-state index < -0.39 is 16.9 Å². The summed E-state index contributed by atoms with van der Waals surface area (Å²) in [6, 6.07) is 7.20. The quantitative estimate of drug-likeness (QED) is 0.796. The van der Waals surface area contributed by atoms with Crippen LogP contribution in [-0.4, -0.2) is 22.5 Å². The van der Waals surface area contributed by atoms with Crippen molar-refractivity contribution in [1.29, 1.82) is 0 Å². The minimum atomic E-state index is -1.07. The smallest absolute Gasteiger partial charge is 0.311 e. The van der Waals surface area contributed by atoms with Crippen LogP contribution in [0.25, 0.3) is 0 Å². The van der Waals surface area contributed by atoms with Crippen molar-refractivity contribution in [2.24, 2.45) is 5.41 Å². The lowest BCUT2D eigenvalue weighted by molar-refractivity contribution is -0.150. The van der Waals surface area contributed by atoms with Gasteiger partial charge in [0, 0.05) is 3.57 Å². The second-order valence-electron chi connectivity index (χ2n) is 5.49. The van der Waals surface area contributed by atoms with E-state index in [1.54, 1.807) is 39.8 Å². The first-order valence-corrected chi connectivity index (χ1v) is 6.98. The molecule has 19 heavy (non-hydrogen) atoms. The summed E-state index contributed by atoms with van der Waals surface area (Å²) in [5, 5.41) is 12.1. The van der Waals surface area contributed by atoms with Gasteiger partial charge in [-0.15, -0.1) is 0 Å². The second kappa shape index (κ2) is 5.48. The molecule has 4 nitrogen and oxygen atoms in total. The molecule has 0 aromatic heterocycles. The first kappa shape index (κ1) is 15.9. The van der Waals surface area contributed by atoms with E-state index in [4.69, 9.17) is 0 Å². The Balaban J connectivity index is 3.00. The highest BCUT2D eigenvalue weighted by molar-refractivity contribution is 14.1. The number of rotatable bonds is 4. The molecule has 0 saturated carbocycles. The maximum absolute atomic E-state index is 12.2. The molecular formula is C14H18INO3. The molecule has 0 saturated heterocycles. The molecule has 0 unspecified atom stereocenters. The van der Waals surface area contributed by atoms with E-state index in [2.05, 4.69) is 27.9 Å². The predicted octanol–water partition coefficient (Wildman–Crippen LogP) is 2.91. The van der Waals surface area contributed by atoms with E-state index in [1.807, 2.05) is 12.1 Å². The number of hydrogen-bond donors (Lipinski definition) is 2. The van der Waals surface area contributed by atoms with Gasteiger partial charge in [0.2, 0.25) is 0 Å². The monoisotopic (exact) mass is 375 g/mol. The lowest BCUT2D eigenvalue weighted by Crippen LogP contribution is -2.57. The van der Waals surface area contributed by atoms with E-state index in [-0.39, 0.29) is 5.91 Å². The van der Waals surface area contributed by atoms with Crippen LogP contribution in [0, 0.1) is 8.99 Å². The standard InChI is InChI=1S/C14H18INO3/c1-13(2,12(18)19)14(3,4)16-11(17)9-7-5-6-8-10(9)15/h5-8H,1-4H3,(H,16,17)(H,18,19). The van der Waals surface area contributed by atoms with Gasteiger partial charge in [0.05, 0.1) is 16.5 Å². The summed E-state index contributed by atoms with van der Waals surface area (Å²) in [7, 11) is 0. The molecule has 1 amide bonds. The molecule has 1 rings (SSSR count). The second-order valence-corrected chi connectivity index (χ2v) is 6.65. The van der Waals surface area contributed by atoms with Crippen LogP contribution in [0.15, 0.2) is 24.3 Å². The Morgan fingerprint density at radius 2 is 1.68 bits per heavy atom. The summed E-state index contributed by atoms with van der Waals surface area (Å²) < 4.78 is 0.835. The fourth-order valence-corrected chi connectivity index (χ4v) is 2.05. The Morgan fingerprint density at radius 1 is 1.16 bits per heavy atom. The summed E-state index contributed by atoms with van der Waals surface area (Å²) >= 11 is 2.08. The molecule has 0 aliphatic rings. The van der Waals surface area contributed by atoms with Crippen molar-refractivity contribution in [3.63, 3.8) is 0 Å². The molecule has 1 aromatic carbocycles. The molecule has 0 heterocycles. The molecule has 104 valence electrons. The van der Waals surface area contributed by atoms with E-state index in [0.717, 1.165) is 3.57 Å². The van der Waals surface area contributed by atoms with Crippen LogP contribution in [-0.2, 0) is 4.79 Å². The summed E-state index contributed by atoms with van der Waals surface area (Å²) in [5.74, 6) is -1.20. The first-order chi connectivity index (χ1) is 8.59. The van der Waals surface area contributed by atoms with Crippen LogP contribution < -0.4 is 5.32 Å². The highest BCUT2D eigenvalue weighted by Gasteiger charge is 2.44. The number of amides is 1. The molecular weight excluding hydrogens is 357 g/mol. The van der Waals surface area contributed by atoms with Gasteiger partial charge in [-0.1, -0.05) is 12.1 Å². The summed E-state index contributed by atoms with van der Waals surface area (Å²) in [6.07, 6.45) is 0. The topological polar surface area (TPSA) is 66.4 Å². The van der Waals surface area contributed by atoms with Crippen LogP contribution in [0.5, 0.6) is 0 Å². The van der Waals surface area contributed by atoms with E-state index >= 15 is 0 Å². The highest BCUT2D eigenvalue weighted by atomic mass is 127. The minimum Gasteiger partial charge on any atom is -0.481 e. The van der Waals surface area contributed by atoms with Gasteiger partial charge in [-0.3, -0.25) is 9.59 Å². The van der Waals surface area contributed by atoms with Crippen molar-refractivity contribution < 1.29 is 14.7 Å². The number of carboxylic acid groups (broad SMARTS) is 1. The Hall–Kier alpha value is -1.11. The number of nitrogens with one attached hydrogen (secondary N) is 1. The van der Waals surface area contributed by atoms with Gasteiger partial charge in [-0.2, -0.15) is 0 Å². The van der Waals surface area contributed by atoms with Crippen LogP contribution in [0.3, 0.4) is 0 Å². The Morgan fingerprint density at radius 3 is 2.16 bits per heavy atom. The zero-order valence-electron chi connectivity index (χ0n) is 11.5. The van der Waals surface area contributed by atoms with Gasteiger partial charge in [0.15, 0.2) is 0 Å². The lowest BCUT2D eigenvalue weighted by Gasteiger charge is -2.38. The Kier molecular flexibility index (Phi) is 4.60. The van der Waals surface area contributed by atoms with Gasteiger partial charge in [-0.25, -0.2) is 0 Å². The van der Waals surface area contributed by atoms with Gasteiger partial charge < -0.3 is 10.4 Å². The molecule has 0 radical (unpaired) electrons. The third kappa shape index (κ3) is 3.26. The van der Waals surface area contributed by atoms with E-state index in [9.17, 15) is 14.7 Å². The number of carbonyl (C=O) groups is 2. The number of aliphatic carboxylic acids is 1. The molecule has 1 aromatic rings. The molecule has 0 aliphatic carbocycles. The number of hydrogen-bond acceptors (Lipinski definition) is 2. The Labute approximate surface area is 126 Å². The van der Waals surface area contributed by atoms with Crippen LogP contribution in [0.2, 0.25) is 0 Å². The molecule has 0 spiro atoms. The van der Waals surface area contributed by atoms with Crippen molar-refractivity contribution in [3.8, 4) is 0 Å². The van der Waals surface area contributed by atoms with Crippen molar-refractivity contribution >= 4 is 34.5 Å². The van der Waals surface area contributed by atoms with Crippen LogP contribution in [0.4, 0.5) is 0 Å². The minimum absolute atomic E-state index is 0.260. The highest BCUT2D eigenvalue weighted by Crippen LogP contribution is 2.31. The maximum Gasteiger partial charge on any atom is 0.311 e. The first-order valence-electron chi connectivity index (χ1n) is 5.90. The summed E-state index contributed by atoms with van der Waals surface area (Å²) in [5.41, 5.74) is -1.38. The van der Waals surface area contributed by atoms with Crippen LogP contribution in [0.1, 0.15) is 38.1 Å². The maximum atomic E-state index is 12.2. The molecule has 0 aliphatic heterocycles. The fraction of sp³-hybridized carbons (Fsp3) is 0.429. The number of benzene rings is 1. The average Bonchev–Trinajstić information content (AvgIpc) is 2.28. The SMILES string of the molecule is CC(C)(NC(=O)c1ccccc1I)C(C)(C)C(=O)O. The number of carbonyl (C=O) groups excluding carboxylic acids is 1. The zero-order chi connectivity index (χ0) is 14.8. The summed E-state index contributed by atoms with van der Waals surface area (Å²) in [4.78, 5) is 23.5. The lowest BCUT2D eigenvalue weighted by atomic mass is 9.74. The number of carboxylic acids is 1. The third-order valence-corrected chi connectivity index (χ3v) is 4.58. The largest absolute Gasteiger partial charge is 0.481 e. The van der Waals surface area contributed by atoms with E-state index in [0.29, 0.717) is 5.56 Å². The summed E-state index contributed by atoms with van der Waals surface area (Å²) in [6.45, 7) is 6.64. The van der Waals surface area contributed by atoms with Crippen molar-refractivity contribution in [3.05, 3.63) is 33.4 Å². The fourth-order valence-electron chi connectivity index (χ4n) is 1.42. The number of halogens is 1. The molecule has 2 N–H and O–H groups in total. The van der Waals surface area contributed by atoms with E-state index in [1.165, 1.54) is 0 Å². The molecule has 5 heteroatoms. The van der Waals surface area contributed by atoms with Gasteiger partial charge in [0.1, 0.15) is 0 Å².